The van der Waals surface area contributed by atoms with Gasteiger partial charge in [-0.1, -0.05) is 75.8 Å². The predicted molar refractivity (Wildman–Crippen MR) is 539 cm³/mol. The van der Waals surface area contributed by atoms with E-state index in [2.05, 4.69) is 40.0 Å². The van der Waals surface area contributed by atoms with Crippen LogP contribution < -0.4 is 30.6 Å². The van der Waals surface area contributed by atoms with Crippen LogP contribution in [0.3, 0.4) is 0 Å². The van der Waals surface area contributed by atoms with Gasteiger partial charge in [0.05, 0.1) is 140 Å². The molecule has 31 nitrogen and oxygen atoms in total. The molecule has 6 N–H and O–H groups in total. The Morgan fingerprint density at radius 3 is 1.16 bits per heavy atom. The van der Waals surface area contributed by atoms with Gasteiger partial charge in [0.25, 0.3) is 22.6 Å². The summed E-state index contributed by atoms with van der Waals surface area (Å²) in [4.78, 5) is 123. The Kier molecular flexibility index (Phi) is 40.6. The second kappa shape index (κ2) is 52.4. The molecule has 0 radical (unpaired) electrons. The minimum atomic E-state index is -0.987. The number of aromatic nitrogens is 5. The summed E-state index contributed by atoms with van der Waals surface area (Å²) in [6.07, 6.45) is 15.2. The fourth-order valence-electron chi connectivity index (χ4n) is 11.7. The van der Waals surface area contributed by atoms with E-state index < -0.39 is 50.1 Å². The molecule has 45 heteroatoms. The molecule has 143 heavy (non-hydrogen) atoms. The van der Waals surface area contributed by atoms with Crippen molar-refractivity contribution in [2.75, 3.05) is 11.1 Å². The fourth-order valence-corrected chi connectivity index (χ4v) is 17.4. The van der Waals surface area contributed by atoms with Crippen molar-refractivity contribution in [2.24, 2.45) is 0 Å². The van der Waals surface area contributed by atoms with Gasteiger partial charge in [-0.05, 0) is 174 Å². The topological polar surface area (TPSA) is 454 Å². The Hall–Kier alpha value is -15.9. The average molecular weight is 2160 g/mol. The van der Waals surface area contributed by atoms with Crippen LogP contribution in [0.5, 0.6) is 40.2 Å². The SMILES string of the molecule is C.C.C.CC(=O)O.Clc1ccnc2ccsc12.Nc1ccc(Oc2ccnc3cc(C(=O)c4ccco4)sc23)c(F)c1.O=C(Cc1ccccc1)NC(=S)Nc1ccc(Oc2ccnc3cc(C(=O)c4ccco4)sc23)c(F)c1.O=C(Cl)c1ccco1.O=C(c1ccco1)c1cc2nccc(Cl)c2s1.O=C(c1ccco1)c1cc2nccc(Oc3ccc([N+](=O)[O-])cc3F)c2s1.O=[N+]([O-])c1ccc(O)c(F)c1.[Fe]. The van der Waals surface area contributed by atoms with Crippen molar-refractivity contribution in [1.82, 2.24) is 30.2 Å². The first kappa shape index (κ1) is 111. The first-order valence-corrected chi connectivity index (χ1v) is 45.1. The number of nitrogens with two attached hydrogens (primary N) is 1. The van der Waals surface area contributed by atoms with E-state index in [9.17, 15) is 66.6 Å². The number of ether oxygens (including phenoxy) is 3. The quantitative estimate of drug-likeness (QED) is 0.00691. The van der Waals surface area contributed by atoms with Crippen molar-refractivity contribution >= 4 is 223 Å². The monoisotopic (exact) mass is 2150 g/mol. The van der Waals surface area contributed by atoms with Crippen molar-refractivity contribution in [3.8, 4) is 40.2 Å². The average Bonchev–Trinajstić information content (AvgIpc) is 1.67. The van der Waals surface area contributed by atoms with Crippen LogP contribution >= 0.6 is 104 Å². The Labute approximate surface area is 857 Å². The van der Waals surface area contributed by atoms with Crippen LogP contribution in [-0.2, 0) is 33.1 Å². The minimum absolute atomic E-state index is 0. The van der Waals surface area contributed by atoms with Gasteiger partial charge in [0, 0.05) is 109 Å². The van der Waals surface area contributed by atoms with Gasteiger partial charge in [0.1, 0.15) is 17.2 Å². The molecule has 0 spiro atoms. The number of aliphatic carboxylic acids is 1. The van der Waals surface area contributed by atoms with Gasteiger partial charge in [0.2, 0.25) is 29.0 Å². The van der Waals surface area contributed by atoms with E-state index in [1.54, 1.807) is 145 Å². The maximum atomic E-state index is 14.9. The summed E-state index contributed by atoms with van der Waals surface area (Å²) >= 11 is 28.6. The number of carbonyl (C=O) groups excluding carboxylic acids is 6. The van der Waals surface area contributed by atoms with E-state index in [4.69, 9.17) is 99.6 Å². The van der Waals surface area contributed by atoms with E-state index in [0.29, 0.717) is 89.9 Å². The van der Waals surface area contributed by atoms with Gasteiger partial charge in [-0.25, -0.2) is 17.6 Å². The minimum Gasteiger partial charge on any atom is -0.505 e. The van der Waals surface area contributed by atoms with Crippen LogP contribution in [0, 0.1) is 43.5 Å². The number of nitrogens with zero attached hydrogens (tertiary/aromatic N) is 7. The number of phenolic OH excluding ortho intramolecular Hbond substituents is 1. The number of nitrogens with one attached hydrogen (secondary N) is 2. The van der Waals surface area contributed by atoms with Crippen LogP contribution in [-0.4, -0.2) is 90.3 Å². The first-order valence-electron chi connectivity index (χ1n) is 39.4. The van der Waals surface area contributed by atoms with Gasteiger partial charge >= 0.3 is 0 Å². The summed E-state index contributed by atoms with van der Waals surface area (Å²) in [7, 11) is 0. The Morgan fingerprint density at radius 2 is 0.797 bits per heavy atom. The van der Waals surface area contributed by atoms with Gasteiger partial charge in [-0.2, -0.15) is 0 Å². The molecule has 1 amide bonds. The number of hydrogen-bond acceptors (Lipinski definition) is 32. The van der Waals surface area contributed by atoms with Crippen molar-refractivity contribution in [2.45, 2.75) is 35.6 Å². The van der Waals surface area contributed by atoms with Gasteiger partial charge in [-0.3, -0.25) is 78.7 Å². The number of phenols is 1. The van der Waals surface area contributed by atoms with E-state index in [0.717, 1.165) is 73.5 Å². The molecule has 20 aromatic rings. The number of carboxylic acid groups (broad SMARTS) is 1. The third kappa shape index (κ3) is 29.9. The van der Waals surface area contributed by atoms with Crippen molar-refractivity contribution < 1.29 is 125 Å². The molecule has 732 valence electrons. The van der Waals surface area contributed by atoms with Crippen molar-refractivity contribution in [1.29, 1.82) is 0 Å². The number of aromatic hydroxyl groups is 1. The molecule has 20 rings (SSSR count). The normalized spacial score (nSPS) is 10.2. The Bertz CT molecular complexity index is 7850. The van der Waals surface area contributed by atoms with E-state index in [1.165, 1.54) is 120 Å². The smallest absolute Gasteiger partial charge is 0.300 e. The third-order valence-corrected chi connectivity index (χ3v) is 24.7. The summed E-state index contributed by atoms with van der Waals surface area (Å²) in [5, 5.41) is 45.0. The van der Waals surface area contributed by atoms with Gasteiger partial charge in [-0.15, -0.1) is 56.7 Å². The van der Waals surface area contributed by atoms with Crippen molar-refractivity contribution in [3.63, 3.8) is 0 Å². The Balaban J connectivity index is 0.000000193. The standard InChI is InChI=1S/C27H18FN3O4S2.C18H9FN2O5S.C18H11FN2O3S.C12H6ClNO2S.C7H4ClNS.C6H4FNO3.C5H3ClO2.C2H4O2.3CH4.Fe/c28-18-14-17(30-27(36)31-24(32)13-16-5-2-1-3-6-16)8-9-20(18)35-22-10-11-29-19-15-23(37-26(19)22)25(33)21-7-4-12-34-21;19-11-8-10(21(23)24)3-4-13(11)26-15-5-6-20-12-9-16(27-18(12)15)17(22)14-2-1-7-25-14;19-11-8-10(20)3-4-13(11)24-15-5-6-21-12-9-16(25-18(12)15)17(22)14-2-1-7-23-14;13-7-3-4-14-8-6-10(17-12(7)8)11(15)9-2-1-5-16-9;8-5-1-3-9-6-2-4-10-7(5)6;7-5-3-4(8(10)11)1-2-6(5)9;6-5(7)4-2-1-3-8-4;1-2(3)4;;;;/h1-12,14-15H,13H2,(H2,30,31,32,36);1-9H;1-9H,20H2;1-6H;1-4H;1-3,9H;1-3H;1H3,(H,3,4);3*1H4;. The predicted octanol–water partition coefficient (Wildman–Crippen LogP) is 27.5. The Morgan fingerprint density at radius 1 is 0.441 bits per heavy atom. The second-order valence-electron chi connectivity index (χ2n) is 27.5. The molecule has 0 saturated heterocycles. The van der Waals surface area contributed by atoms with Gasteiger partial charge < -0.3 is 62.9 Å². The zero-order valence-electron chi connectivity index (χ0n) is 70.7. The zero-order chi connectivity index (χ0) is 98.9. The number of ketones is 4. The second-order valence-corrected chi connectivity index (χ2v) is 34.2. The third-order valence-electron chi connectivity index (χ3n) is 17.9. The van der Waals surface area contributed by atoms with E-state index in [-0.39, 0.29) is 137 Å². The number of furan rings is 5. The van der Waals surface area contributed by atoms with Crippen molar-refractivity contribution in [3.05, 3.63) is 400 Å². The number of anilines is 2. The number of thiocarbonyl (C=S) groups is 1. The molecule has 0 fully saturated rings. The molecule has 0 bridgehead atoms. The molecular weight excluding hydrogens is 2080 g/mol. The number of nitro benzene ring substituents is 2. The molecule has 0 aliphatic rings. The number of pyridine rings is 5. The number of halogens is 7. The first-order chi connectivity index (χ1) is 66.9. The number of nitro groups is 2. The molecule has 0 aliphatic heterocycles. The number of carbonyl (C=O) groups is 7. The summed E-state index contributed by atoms with van der Waals surface area (Å²) < 4.78 is 101. The molecule has 5 aromatic carbocycles. The number of non-ortho nitro benzene ring substituents is 2. The molecule has 15 heterocycles. The number of rotatable bonds is 20. The number of benzene rings is 5. The molecular formula is C98H71Cl3F4FeN10O21S6. The fraction of sp³-hybridized carbons (Fsp3) is 0.0510. The van der Waals surface area contributed by atoms with E-state index >= 15 is 0 Å². The number of fused-ring (bicyclic) bond motifs is 5. The number of hydrogen-bond donors (Lipinski definition) is 5. The van der Waals surface area contributed by atoms with E-state index in [1.807, 2.05) is 41.8 Å². The summed E-state index contributed by atoms with van der Waals surface area (Å²) in [6, 6.07) is 56.4. The van der Waals surface area contributed by atoms with Crippen LogP contribution in [0.25, 0.3) is 51.1 Å². The largest absolute Gasteiger partial charge is 0.505 e. The maximum absolute atomic E-state index is 14.9. The number of carboxylic acids is 1. The molecule has 15 aromatic heterocycles. The number of thiophene rings is 5. The summed E-state index contributed by atoms with van der Waals surface area (Å²) in [5.74, 6) is -3.61. The molecule has 0 unspecified atom stereocenters. The van der Waals surface area contributed by atoms with Crippen LogP contribution in [0.2, 0.25) is 10.0 Å². The zero-order valence-corrected chi connectivity index (χ0v) is 79.0. The number of amides is 1. The van der Waals surface area contributed by atoms with Crippen LogP contribution in [0.15, 0.2) is 314 Å². The summed E-state index contributed by atoms with van der Waals surface area (Å²) in [5.41, 5.74) is 9.67. The molecule has 0 saturated carbocycles. The van der Waals surface area contributed by atoms with Crippen LogP contribution in [0.4, 0.5) is 40.3 Å². The maximum Gasteiger partial charge on any atom is 0.300 e. The molecule has 0 atom stereocenters. The van der Waals surface area contributed by atoms with Crippen LogP contribution in [0.1, 0.15) is 107 Å². The molecule has 0 aliphatic carbocycles. The number of nitrogen functional groups attached to an aromatic ring is 1. The summed E-state index contributed by atoms with van der Waals surface area (Å²) in [6.45, 7) is 1.08. The van der Waals surface area contributed by atoms with Gasteiger partial charge in [0.15, 0.2) is 80.2 Å².